The molecule has 0 aliphatic heterocycles. The van der Waals surface area contributed by atoms with Crippen molar-refractivity contribution in [1.29, 1.82) is 0 Å². The first-order valence-corrected chi connectivity index (χ1v) is 4.27. The third-order valence-electron chi connectivity index (χ3n) is 2.06. The number of para-hydroxylation sites is 1. The van der Waals surface area contributed by atoms with Crippen molar-refractivity contribution in [1.82, 2.24) is 10.4 Å². The molecular formula is C10H8FN3O. The number of fused-ring (bicyclic) bond motifs is 1. The fraction of sp³-hybridized carbons (Fsp3) is 0. The number of pyridine rings is 1. The summed E-state index contributed by atoms with van der Waals surface area (Å²) in [6, 6.07) is 6.09. The molecule has 76 valence electrons. The van der Waals surface area contributed by atoms with E-state index in [1.807, 2.05) is 5.43 Å². The van der Waals surface area contributed by atoms with Gasteiger partial charge in [-0.2, -0.15) is 0 Å². The molecule has 15 heavy (non-hydrogen) atoms. The summed E-state index contributed by atoms with van der Waals surface area (Å²) in [7, 11) is 0. The minimum atomic E-state index is -0.450. The number of carbonyl (C=O) groups is 1. The number of nitrogens with two attached hydrogens (primary N) is 1. The Balaban J connectivity index is 2.62. The van der Waals surface area contributed by atoms with Gasteiger partial charge in [0.2, 0.25) is 0 Å². The maximum atomic E-state index is 13.2. The Labute approximate surface area is 84.9 Å². The number of amides is 1. The first-order chi connectivity index (χ1) is 7.22. The highest BCUT2D eigenvalue weighted by Gasteiger charge is 2.07. The van der Waals surface area contributed by atoms with E-state index < -0.39 is 11.7 Å². The van der Waals surface area contributed by atoms with Crippen LogP contribution in [0.5, 0.6) is 0 Å². The fourth-order valence-corrected chi connectivity index (χ4v) is 1.33. The average Bonchev–Trinajstić information content (AvgIpc) is 2.28. The summed E-state index contributed by atoms with van der Waals surface area (Å²) < 4.78 is 13.2. The summed E-state index contributed by atoms with van der Waals surface area (Å²) in [6.45, 7) is 0. The van der Waals surface area contributed by atoms with Gasteiger partial charge in [0.05, 0.1) is 5.56 Å². The van der Waals surface area contributed by atoms with E-state index in [0.29, 0.717) is 10.9 Å². The van der Waals surface area contributed by atoms with Crippen LogP contribution in [-0.2, 0) is 0 Å². The number of hydrogen-bond acceptors (Lipinski definition) is 3. The molecule has 5 heteroatoms. The molecule has 1 aromatic carbocycles. The largest absolute Gasteiger partial charge is 0.290 e. The number of nitrogen functional groups attached to an aromatic ring is 1. The number of halogens is 1. The molecule has 1 heterocycles. The molecule has 2 aromatic rings. The van der Waals surface area contributed by atoms with Crippen molar-refractivity contribution in [3.05, 3.63) is 41.8 Å². The van der Waals surface area contributed by atoms with E-state index in [1.54, 1.807) is 12.1 Å². The van der Waals surface area contributed by atoms with E-state index in [4.69, 9.17) is 5.84 Å². The second-order valence-corrected chi connectivity index (χ2v) is 3.01. The number of aromatic nitrogens is 1. The average molecular weight is 205 g/mol. The molecule has 0 unspecified atom stereocenters. The van der Waals surface area contributed by atoms with Gasteiger partial charge in [-0.1, -0.05) is 12.1 Å². The lowest BCUT2D eigenvalue weighted by molar-refractivity contribution is 0.0953. The van der Waals surface area contributed by atoms with Crippen LogP contribution in [-0.4, -0.2) is 10.9 Å². The minimum absolute atomic E-state index is 0.242. The molecule has 2 rings (SSSR count). The molecule has 0 saturated carbocycles. The molecule has 0 atom stereocenters. The van der Waals surface area contributed by atoms with E-state index in [0.717, 1.165) is 0 Å². The van der Waals surface area contributed by atoms with Crippen LogP contribution in [0.3, 0.4) is 0 Å². The molecule has 0 saturated heterocycles. The summed E-state index contributed by atoms with van der Waals surface area (Å²) in [5.41, 5.74) is 2.53. The van der Waals surface area contributed by atoms with Gasteiger partial charge in [0.15, 0.2) is 0 Å². The Bertz CT molecular complexity index is 527. The van der Waals surface area contributed by atoms with Crippen molar-refractivity contribution < 1.29 is 9.18 Å². The Morgan fingerprint density at radius 3 is 3.00 bits per heavy atom. The summed E-state index contributed by atoms with van der Waals surface area (Å²) in [4.78, 5) is 15.0. The number of rotatable bonds is 1. The molecule has 1 amide bonds. The number of hydrazine groups is 1. The number of hydrogen-bond donors (Lipinski definition) is 2. The molecule has 0 radical (unpaired) electrons. The zero-order valence-corrected chi connectivity index (χ0v) is 7.70. The highest BCUT2D eigenvalue weighted by atomic mass is 19.1. The molecule has 3 N–H and O–H groups in total. The van der Waals surface area contributed by atoms with Crippen molar-refractivity contribution in [3.8, 4) is 0 Å². The quantitative estimate of drug-likeness (QED) is 0.414. The van der Waals surface area contributed by atoms with Crippen LogP contribution in [0.25, 0.3) is 10.9 Å². The molecule has 0 fully saturated rings. The van der Waals surface area contributed by atoms with Gasteiger partial charge in [-0.05, 0) is 12.1 Å². The monoisotopic (exact) mass is 205 g/mol. The van der Waals surface area contributed by atoms with Gasteiger partial charge < -0.3 is 0 Å². The lowest BCUT2D eigenvalue weighted by atomic mass is 10.1. The van der Waals surface area contributed by atoms with Gasteiger partial charge in [0.25, 0.3) is 5.91 Å². The van der Waals surface area contributed by atoms with Gasteiger partial charge in [-0.15, -0.1) is 0 Å². The highest BCUT2D eigenvalue weighted by molar-refractivity contribution is 5.96. The summed E-state index contributed by atoms with van der Waals surface area (Å²) >= 11 is 0. The number of benzene rings is 1. The summed E-state index contributed by atoms with van der Waals surface area (Å²) in [5.74, 6) is 4.12. The SMILES string of the molecule is NNC(=O)c1cnc2c(F)cccc2c1. The van der Waals surface area contributed by atoms with Crippen LogP contribution in [0.4, 0.5) is 4.39 Å². The lowest BCUT2D eigenvalue weighted by Crippen LogP contribution is -2.30. The van der Waals surface area contributed by atoms with E-state index in [1.165, 1.54) is 18.3 Å². The minimum Gasteiger partial charge on any atom is -0.290 e. The highest BCUT2D eigenvalue weighted by Crippen LogP contribution is 2.16. The Hall–Kier alpha value is -2.01. The second-order valence-electron chi connectivity index (χ2n) is 3.01. The van der Waals surface area contributed by atoms with Gasteiger partial charge in [-0.25, -0.2) is 10.2 Å². The van der Waals surface area contributed by atoms with Crippen molar-refractivity contribution in [3.63, 3.8) is 0 Å². The van der Waals surface area contributed by atoms with Crippen LogP contribution in [0.2, 0.25) is 0 Å². The predicted molar refractivity (Wildman–Crippen MR) is 53.4 cm³/mol. The van der Waals surface area contributed by atoms with Gasteiger partial charge >= 0.3 is 0 Å². The third kappa shape index (κ3) is 1.64. The Morgan fingerprint density at radius 2 is 2.27 bits per heavy atom. The Kier molecular flexibility index (Phi) is 2.31. The van der Waals surface area contributed by atoms with E-state index in [9.17, 15) is 9.18 Å². The standard InChI is InChI=1S/C10H8FN3O/c11-8-3-1-2-6-4-7(10(15)14-12)5-13-9(6)8/h1-5H,12H2,(H,14,15). The van der Waals surface area contributed by atoms with Crippen molar-refractivity contribution in [2.24, 2.45) is 5.84 Å². The molecule has 0 aliphatic carbocycles. The topological polar surface area (TPSA) is 68.0 Å². The third-order valence-corrected chi connectivity index (χ3v) is 2.06. The summed E-state index contributed by atoms with van der Waals surface area (Å²) in [5, 5.41) is 0.566. The van der Waals surface area contributed by atoms with Crippen molar-refractivity contribution in [2.75, 3.05) is 0 Å². The molecule has 0 spiro atoms. The Morgan fingerprint density at radius 1 is 1.47 bits per heavy atom. The van der Waals surface area contributed by atoms with Crippen LogP contribution < -0.4 is 11.3 Å². The van der Waals surface area contributed by atoms with E-state index >= 15 is 0 Å². The van der Waals surface area contributed by atoms with Crippen molar-refractivity contribution >= 4 is 16.8 Å². The van der Waals surface area contributed by atoms with Crippen LogP contribution >= 0.6 is 0 Å². The number of nitrogens with zero attached hydrogens (tertiary/aromatic N) is 1. The molecular weight excluding hydrogens is 197 g/mol. The smallest absolute Gasteiger partial charge is 0.266 e. The first-order valence-electron chi connectivity index (χ1n) is 4.27. The van der Waals surface area contributed by atoms with Crippen LogP contribution in [0, 0.1) is 5.82 Å². The van der Waals surface area contributed by atoms with E-state index in [2.05, 4.69) is 4.98 Å². The molecule has 0 bridgehead atoms. The van der Waals surface area contributed by atoms with Gasteiger partial charge in [0, 0.05) is 11.6 Å². The second kappa shape index (κ2) is 3.62. The number of nitrogens with one attached hydrogen (secondary N) is 1. The predicted octanol–water partition coefficient (Wildman–Crippen LogP) is 0.977. The maximum absolute atomic E-state index is 13.2. The van der Waals surface area contributed by atoms with Crippen LogP contribution in [0.1, 0.15) is 10.4 Å². The normalized spacial score (nSPS) is 10.3. The fourth-order valence-electron chi connectivity index (χ4n) is 1.33. The van der Waals surface area contributed by atoms with Gasteiger partial charge in [0.1, 0.15) is 11.3 Å². The number of carbonyl (C=O) groups excluding carboxylic acids is 1. The maximum Gasteiger partial charge on any atom is 0.266 e. The molecule has 1 aromatic heterocycles. The molecule has 0 aliphatic rings. The lowest BCUT2D eigenvalue weighted by Gasteiger charge is -2.01. The van der Waals surface area contributed by atoms with Crippen molar-refractivity contribution in [2.45, 2.75) is 0 Å². The van der Waals surface area contributed by atoms with E-state index in [-0.39, 0.29) is 5.52 Å². The first kappa shape index (κ1) is 9.54. The molecule has 4 nitrogen and oxygen atoms in total. The van der Waals surface area contributed by atoms with Crippen LogP contribution in [0.15, 0.2) is 30.5 Å². The summed E-state index contributed by atoms with van der Waals surface area (Å²) in [6.07, 6.45) is 1.29. The zero-order chi connectivity index (χ0) is 10.8. The van der Waals surface area contributed by atoms with Gasteiger partial charge in [-0.3, -0.25) is 15.2 Å². The zero-order valence-electron chi connectivity index (χ0n) is 7.70.